The first-order chi connectivity index (χ1) is 14.5. The van der Waals surface area contributed by atoms with Gasteiger partial charge in [-0.3, -0.25) is 9.59 Å². The van der Waals surface area contributed by atoms with Crippen LogP contribution in [0.3, 0.4) is 0 Å². The Morgan fingerprint density at radius 3 is 2.29 bits per heavy atom. The lowest BCUT2D eigenvalue weighted by Gasteiger charge is -2.31. The molecule has 9 nitrogen and oxygen atoms in total. The molecule has 2 atom stereocenters. The van der Waals surface area contributed by atoms with E-state index in [9.17, 15) is 26.4 Å². The Labute approximate surface area is 183 Å². The van der Waals surface area contributed by atoms with Gasteiger partial charge in [0.25, 0.3) is 5.91 Å². The smallest absolute Gasteiger partial charge is 0.309 e. The average molecular weight is 473 g/mol. The van der Waals surface area contributed by atoms with Crippen LogP contribution in [-0.2, 0) is 34.2 Å². The molecule has 3 rings (SSSR count). The summed E-state index contributed by atoms with van der Waals surface area (Å²) >= 11 is 0. The summed E-state index contributed by atoms with van der Waals surface area (Å²) in [4.78, 5) is 26.7. The molecule has 2 saturated heterocycles. The zero-order valence-electron chi connectivity index (χ0n) is 17.6. The number of esters is 1. The molecule has 0 N–H and O–H groups in total. The first kappa shape index (κ1) is 23.7. The number of sulfonamides is 1. The van der Waals surface area contributed by atoms with Crippen LogP contribution >= 0.6 is 0 Å². The molecule has 11 heteroatoms. The maximum atomic E-state index is 12.7. The van der Waals surface area contributed by atoms with Crippen LogP contribution in [0.1, 0.15) is 26.2 Å². The van der Waals surface area contributed by atoms with Gasteiger partial charge in [-0.05, 0) is 38.3 Å². The summed E-state index contributed by atoms with van der Waals surface area (Å²) in [5.74, 6) is -1.50. The Morgan fingerprint density at radius 2 is 1.74 bits per heavy atom. The molecule has 2 aliphatic rings. The van der Waals surface area contributed by atoms with Crippen molar-refractivity contribution in [3.8, 4) is 0 Å². The molecule has 0 aromatic heterocycles. The Bertz CT molecular complexity index is 1020. The zero-order chi connectivity index (χ0) is 22.8. The number of ether oxygens (including phenoxy) is 1. The minimum absolute atomic E-state index is 0.0495. The molecule has 0 unspecified atom stereocenters. The fraction of sp³-hybridized carbons (Fsp3) is 0.600. The number of nitrogens with zero attached hydrogens (tertiary/aromatic N) is 2. The van der Waals surface area contributed by atoms with Crippen LogP contribution in [0.25, 0.3) is 0 Å². The molecule has 1 aromatic rings. The first-order valence-electron chi connectivity index (χ1n) is 10.2. The molecule has 2 aliphatic heterocycles. The van der Waals surface area contributed by atoms with Crippen molar-refractivity contribution >= 4 is 31.7 Å². The van der Waals surface area contributed by atoms with Crippen molar-refractivity contribution in [2.24, 2.45) is 5.92 Å². The number of rotatable bonds is 6. The van der Waals surface area contributed by atoms with Gasteiger partial charge in [0.15, 0.2) is 15.9 Å². The standard InChI is InChI=1S/C20H28N2O7S2/c1-15(19(23)21(2)17-10-13-30(25,26)14-17)29-20(24)16-8-11-22(12-9-16)31(27,28)18-6-4-3-5-7-18/h3-7,15-17H,8-14H2,1-2H3/t15-,17+/m1/s1. The summed E-state index contributed by atoms with van der Waals surface area (Å²) < 4.78 is 55.4. The van der Waals surface area contributed by atoms with Crippen molar-refractivity contribution < 1.29 is 31.2 Å². The fourth-order valence-corrected chi connectivity index (χ4v) is 7.21. The third-order valence-electron chi connectivity index (χ3n) is 5.91. The number of hydrogen-bond acceptors (Lipinski definition) is 7. The Hall–Kier alpha value is -1.98. The van der Waals surface area contributed by atoms with Crippen LogP contribution in [-0.4, -0.2) is 81.7 Å². The summed E-state index contributed by atoms with van der Waals surface area (Å²) in [6.07, 6.45) is -0.0446. The SMILES string of the molecule is C[C@@H](OC(=O)C1CCN(S(=O)(=O)c2ccccc2)CC1)C(=O)N(C)[C@H]1CCS(=O)(=O)C1. The van der Waals surface area contributed by atoms with Gasteiger partial charge in [0.2, 0.25) is 10.0 Å². The number of amides is 1. The minimum Gasteiger partial charge on any atom is -0.452 e. The molecule has 2 fully saturated rings. The van der Waals surface area contributed by atoms with Crippen molar-refractivity contribution in [1.82, 2.24) is 9.21 Å². The highest BCUT2D eigenvalue weighted by Gasteiger charge is 2.37. The number of piperidine rings is 1. The van der Waals surface area contributed by atoms with Crippen LogP contribution in [0.4, 0.5) is 0 Å². The van der Waals surface area contributed by atoms with Crippen molar-refractivity contribution in [1.29, 1.82) is 0 Å². The van der Waals surface area contributed by atoms with Crippen molar-refractivity contribution in [3.63, 3.8) is 0 Å². The van der Waals surface area contributed by atoms with E-state index >= 15 is 0 Å². The van der Waals surface area contributed by atoms with E-state index < -0.39 is 49.8 Å². The third-order valence-corrected chi connectivity index (χ3v) is 9.58. The number of likely N-dealkylation sites (N-methyl/N-ethyl adjacent to an activating group) is 1. The number of benzene rings is 1. The number of sulfone groups is 1. The fourth-order valence-electron chi connectivity index (χ4n) is 3.94. The molecule has 0 bridgehead atoms. The molecular weight excluding hydrogens is 444 g/mol. The van der Waals surface area contributed by atoms with Gasteiger partial charge in [-0.25, -0.2) is 16.8 Å². The van der Waals surface area contributed by atoms with Crippen LogP contribution in [0, 0.1) is 5.92 Å². The van der Waals surface area contributed by atoms with Crippen LogP contribution in [0.2, 0.25) is 0 Å². The Kier molecular flexibility index (Phi) is 7.07. The summed E-state index contributed by atoms with van der Waals surface area (Å²) in [5, 5.41) is 0. The topological polar surface area (TPSA) is 118 Å². The molecule has 0 aliphatic carbocycles. The monoisotopic (exact) mass is 472 g/mol. The molecule has 31 heavy (non-hydrogen) atoms. The van der Waals surface area contributed by atoms with Crippen molar-refractivity contribution in [3.05, 3.63) is 30.3 Å². The van der Waals surface area contributed by atoms with Crippen LogP contribution in [0.15, 0.2) is 35.2 Å². The van der Waals surface area contributed by atoms with E-state index in [-0.39, 0.29) is 29.5 Å². The summed E-state index contributed by atoms with van der Waals surface area (Å²) in [7, 11) is -5.22. The average Bonchev–Trinajstić information content (AvgIpc) is 3.13. The normalized spacial score (nSPS) is 23.2. The molecule has 0 spiro atoms. The highest BCUT2D eigenvalue weighted by Crippen LogP contribution is 2.25. The van der Waals surface area contributed by atoms with E-state index in [1.54, 1.807) is 18.2 Å². The highest BCUT2D eigenvalue weighted by atomic mass is 32.2. The van der Waals surface area contributed by atoms with E-state index in [0.29, 0.717) is 19.3 Å². The van der Waals surface area contributed by atoms with E-state index in [4.69, 9.17) is 4.74 Å². The zero-order valence-corrected chi connectivity index (χ0v) is 19.3. The van der Waals surface area contributed by atoms with Gasteiger partial charge in [0.1, 0.15) is 0 Å². The van der Waals surface area contributed by atoms with Crippen LogP contribution < -0.4 is 0 Å². The summed E-state index contributed by atoms with van der Waals surface area (Å²) in [5.41, 5.74) is 0. The van der Waals surface area contributed by atoms with Gasteiger partial charge in [-0.2, -0.15) is 4.31 Å². The van der Waals surface area contributed by atoms with E-state index in [1.165, 1.54) is 35.3 Å². The van der Waals surface area contributed by atoms with E-state index in [2.05, 4.69) is 0 Å². The molecule has 2 heterocycles. The van der Waals surface area contributed by atoms with Crippen molar-refractivity contribution in [2.75, 3.05) is 31.6 Å². The highest BCUT2D eigenvalue weighted by molar-refractivity contribution is 7.91. The quantitative estimate of drug-likeness (QED) is 0.558. The van der Waals surface area contributed by atoms with Crippen LogP contribution in [0.5, 0.6) is 0 Å². The second kappa shape index (κ2) is 9.25. The van der Waals surface area contributed by atoms with E-state index in [1.807, 2.05) is 0 Å². The summed E-state index contributed by atoms with van der Waals surface area (Å²) in [6.45, 7) is 1.85. The molecule has 1 amide bonds. The van der Waals surface area contributed by atoms with Gasteiger partial charge < -0.3 is 9.64 Å². The Morgan fingerprint density at radius 1 is 1.13 bits per heavy atom. The van der Waals surface area contributed by atoms with Gasteiger partial charge in [-0.15, -0.1) is 0 Å². The molecule has 1 aromatic carbocycles. The second-order valence-corrected chi connectivity index (χ2v) is 12.2. The Balaban J connectivity index is 1.52. The number of carbonyl (C=O) groups excluding carboxylic acids is 2. The molecule has 0 radical (unpaired) electrons. The molecular formula is C20H28N2O7S2. The van der Waals surface area contributed by atoms with Crippen molar-refractivity contribution in [2.45, 2.75) is 43.2 Å². The minimum atomic E-state index is -3.61. The second-order valence-electron chi connectivity index (χ2n) is 8.08. The first-order valence-corrected chi connectivity index (χ1v) is 13.5. The maximum Gasteiger partial charge on any atom is 0.309 e. The number of carbonyl (C=O) groups is 2. The van der Waals surface area contributed by atoms with Gasteiger partial charge in [0, 0.05) is 26.2 Å². The lowest BCUT2D eigenvalue weighted by atomic mass is 9.98. The largest absolute Gasteiger partial charge is 0.452 e. The van der Waals surface area contributed by atoms with Gasteiger partial charge in [0.05, 0.1) is 22.3 Å². The molecule has 172 valence electrons. The number of hydrogen-bond donors (Lipinski definition) is 0. The lowest BCUT2D eigenvalue weighted by molar-refractivity contribution is -0.163. The summed E-state index contributed by atoms with van der Waals surface area (Å²) in [6, 6.07) is 7.72. The lowest BCUT2D eigenvalue weighted by Crippen LogP contribution is -2.45. The van der Waals surface area contributed by atoms with E-state index in [0.717, 1.165) is 0 Å². The van der Waals surface area contributed by atoms with Gasteiger partial charge in [-0.1, -0.05) is 18.2 Å². The maximum absolute atomic E-state index is 12.7. The third kappa shape index (κ3) is 5.45. The predicted octanol–water partition coefficient (Wildman–Crippen LogP) is 0.665. The van der Waals surface area contributed by atoms with Gasteiger partial charge >= 0.3 is 5.97 Å². The molecule has 0 saturated carbocycles. The predicted molar refractivity (Wildman–Crippen MR) is 113 cm³/mol.